The summed E-state index contributed by atoms with van der Waals surface area (Å²) in [6.45, 7) is 4.53. The number of nitrogens with zero attached hydrogens (tertiary/aromatic N) is 2. The summed E-state index contributed by atoms with van der Waals surface area (Å²) in [4.78, 5) is 12.5. The fourth-order valence-electron chi connectivity index (χ4n) is 3.18. The number of unbranched alkanes of at least 4 members (excludes halogenated alkanes) is 1. The van der Waals surface area contributed by atoms with E-state index in [0.29, 0.717) is 24.7 Å². The Balaban J connectivity index is 1.48. The largest absolute Gasteiger partial charge is 0.425 e. The SMILES string of the molecule is Cc1ccc(CCCCNC(=O)CC(c2ccccc2)c2nnc(C)o2)cc1. The van der Waals surface area contributed by atoms with Crippen molar-refractivity contribution in [3.63, 3.8) is 0 Å². The normalized spacial score (nSPS) is 11.9. The number of rotatable bonds is 9. The molecule has 5 nitrogen and oxygen atoms in total. The Hall–Kier alpha value is -2.95. The van der Waals surface area contributed by atoms with Gasteiger partial charge in [-0.2, -0.15) is 0 Å². The lowest BCUT2D eigenvalue weighted by atomic mass is 9.95. The summed E-state index contributed by atoms with van der Waals surface area (Å²) < 4.78 is 5.60. The van der Waals surface area contributed by atoms with E-state index in [1.807, 2.05) is 30.3 Å². The quantitative estimate of drug-likeness (QED) is 0.563. The average Bonchev–Trinajstić information content (AvgIpc) is 3.14. The van der Waals surface area contributed by atoms with Gasteiger partial charge in [0.1, 0.15) is 0 Å². The van der Waals surface area contributed by atoms with Gasteiger partial charge in [-0.1, -0.05) is 60.2 Å². The van der Waals surface area contributed by atoms with Crippen molar-refractivity contribution < 1.29 is 9.21 Å². The van der Waals surface area contributed by atoms with Crippen LogP contribution in [0.25, 0.3) is 0 Å². The first-order chi connectivity index (χ1) is 13.6. The predicted molar refractivity (Wildman–Crippen MR) is 109 cm³/mol. The van der Waals surface area contributed by atoms with Gasteiger partial charge in [0.25, 0.3) is 0 Å². The number of nitrogens with one attached hydrogen (secondary N) is 1. The summed E-state index contributed by atoms with van der Waals surface area (Å²) in [6.07, 6.45) is 3.33. The van der Waals surface area contributed by atoms with Gasteiger partial charge in [0.15, 0.2) is 0 Å². The highest BCUT2D eigenvalue weighted by Gasteiger charge is 2.23. The molecule has 1 aromatic heterocycles. The predicted octanol–water partition coefficient (Wildman–Crippen LogP) is 4.35. The van der Waals surface area contributed by atoms with E-state index in [-0.39, 0.29) is 11.8 Å². The van der Waals surface area contributed by atoms with Gasteiger partial charge in [-0.25, -0.2) is 0 Å². The average molecular weight is 377 g/mol. The smallest absolute Gasteiger partial charge is 0.224 e. The van der Waals surface area contributed by atoms with Crippen LogP contribution in [0.5, 0.6) is 0 Å². The van der Waals surface area contributed by atoms with Crippen LogP contribution in [0.4, 0.5) is 0 Å². The van der Waals surface area contributed by atoms with Crippen LogP contribution in [0.1, 0.15) is 53.7 Å². The number of aryl methyl sites for hydroxylation is 3. The van der Waals surface area contributed by atoms with Crippen LogP contribution in [-0.4, -0.2) is 22.6 Å². The van der Waals surface area contributed by atoms with Crippen molar-refractivity contribution in [1.82, 2.24) is 15.5 Å². The molecule has 0 spiro atoms. The van der Waals surface area contributed by atoms with Crippen LogP contribution in [-0.2, 0) is 11.2 Å². The van der Waals surface area contributed by atoms with Gasteiger partial charge in [-0.05, 0) is 37.3 Å². The highest BCUT2D eigenvalue weighted by Crippen LogP contribution is 2.26. The molecule has 0 fully saturated rings. The molecule has 1 atom stereocenters. The molecule has 146 valence electrons. The van der Waals surface area contributed by atoms with E-state index in [1.165, 1.54) is 11.1 Å². The molecule has 0 saturated heterocycles. The number of benzene rings is 2. The second-order valence-corrected chi connectivity index (χ2v) is 7.12. The summed E-state index contributed by atoms with van der Waals surface area (Å²) >= 11 is 0. The molecule has 1 heterocycles. The Morgan fingerprint density at radius 3 is 2.43 bits per heavy atom. The van der Waals surface area contributed by atoms with Gasteiger partial charge in [-0.15, -0.1) is 10.2 Å². The minimum atomic E-state index is -0.227. The summed E-state index contributed by atoms with van der Waals surface area (Å²) in [7, 11) is 0. The van der Waals surface area contributed by atoms with Crippen molar-refractivity contribution in [2.75, 3.05) is 6.54 Å². The van der Waals surface area contributed by atoms with Crippen molar-refractivity contribution in [3.05, 3.63) is 83.1 Å². The minimum absolute atomic E-state index is 0.0000389. The van der Waals surface area contributed by atoms with Gasteiger partial charge in [0, 0.05) is 19.9 Å². The molecule has 0 bridgehead atoms. The fourth-order valence-corrected chi connectivity index (χ4v) is 3.18. The van der Waals surface area contributed by atoms with E-state index in [2.05, 4.69) is 46.7 Å². The third-order valence-corrected chi connectivity index (χ3v) is 4.77. The number of hydrogen-bond donors (Lipinski definition) is 1. The van der Waals surface area contributed by atoms with E-state index < -0.39 is 0 Å². The Morgan fingerprint density at radius 1 is 1.00 bits per heavy atom. The molecular weight excluding hydrogens is 350 g/mol. The van der Waals surface area contributed by atoms with E-state index in [0.717, 1.165) is 24.8 Å². The molecule has 1 amide bonds. The number of carbonyl (C=O) groups excluding carboxylic acids is 1. The molecular formula is C23H27N3O2. The molecule has 1 unspecified atom stereocenters. The molecule has 1 N–H and O–H groups in total. The second-order valence-electron chi connectivity index (χ2n) is 7.12. The summed E-state index contributed by atoms with van der Waals surface area (Å²) in [5.74, 6) is 0.765. The van der Waals surface area contributed by atoms with Crippen molar-refractivity contribution >= 4 is 5.91 Å². The molecule has 3 rings (SSSR count). The second kappa shape index (κ2) is 9.83. The van der Waals surface area contributed by atoms with Crippen LogP contribution in [0.15, 0.2) is 59.0 Å². The lowest BCUT2D eigenvalue weighted by Crippen LogP contribution is -2.26. The van der Waals surface area contributed by atoms with Crippen LogP contribution < -0.4 is 5.32 Å². The molecule has 28 heavy (non-hydrogen) atoms. The Kier molecular flexibility index (Phi) is 6.95. The van der Waals surface area contributed by atoms with Crippen LogP contribution in [0.3, 0.4) is 0 Å². The van der Waals surface area contributed by atoms with Crippen molar-refractivity contribution in [2.45, 2.75) is 45.4 Å². The van der Waals surface area contributed by atoms with Crippen LogP contribution in [0, 0.1) is 13.8 Å². The van der Waals surface area contributed by atoms with E-state index >= 15 is 0 Å². The Morgan fingerprint density at radius 2 is 1.75 bits per heavy atom. The van der Waals surface area contributed by atoms with Crippen LogP contribution in [0.2, 0.25) is 0 Å². The number of hydrogen-bond acceptors (Lipinski definition) is 4. The van der Waals surface area contributed by atoms with Crippen molar-refractivity contribution in [1.29, 1.82) is 0 Å². The third-order valence-electron chi connectivity index (χ3n) is 4.77. The van der Waals surface area contributed by atoms with Gasteiger partial charge in [0.2, 0.25) is 17.7 Å². The van der Waals surface area contributed by atoms with Crippen LogP contribution >= 0.6 is 0 Å². The maximum absolute atomic E-state index is 12.5. The standard InChI is InChI=1S/C23H27N3O2/c1-17-11-13-19(14-12-17)8-6-7-15-24-22(27)16-21(20-9-4-3-5-10-20)23-26-25-18(2)28-23/h3-5,9-14,21H,6-8,15-16H2,1-2H3,(H,24,27). The zero-order chi connectivity index (χ0) is 19.8. The number of aromatic nitrogens is 2. The zero-order valence-electron chi connectivity index (χ0n) is 16.5. The van der Waals surface area contributed by atoms with E-state index in [4.69, 9.17) is 4.42 Å². The maximum Gasteiger partial charge on any atom is 0.224 e. The summed E-state index contributed by atoms with van der Waals surface area (Å²) in [6, 6.07) is 18.4. The van der Waals surface area contributed by atoms with E-state index in [1.54, 1.807) is 6.92 Å². The first-order valence-electron chi connectivity index (χ1n) is 9.79. The van der Waals surface area contributed by atoms with E-state index in [9.17, 15) is 4.79 Å². The molecule has 0 aliphatic rings. The summed E-state index contributed by atoms with van der Waals surface area (Å²) in [5.41, 5.74) is 3.62. The molecule has 2 aromatic carbocycles. The van der Waals surface area contributed by atoms with Crippen molar-refractivity contribution in [3.8, 4) is 0 Å². The molecule has 0 radical (unpaired) electrons. The van der Waals surface area contributed by atoms with Gasteiger partial charge < -0.3 is 9.73 Å². The number of amides is 1. The first kappa shape index (κ1) is 19.8. The molecule has 5 heteroatoms. The lowest BCUT2D eigenvalue weighted by Gasteiger charge is -2.13. The molecule has 0 saturated carbocycles. The van der Waals surface area contributed by atoms with Gasteiger partial charge >= 0.3 is 0 Å². The van der Waals surface area contributed by atoms with Gasteiger partial charge in [0.05, 0.1) is 5.92 Å². The maximum atomic E-state index is 12.5. The number of carbonyl (C=O) groups is 1. The fraction of sp³-hybridized carbons (Fsp3) is 0.348. The monoisotopic (exact) mass is 377 g/mol. The minimum Gasteiger partial charge on any atom is -0.425 e. The summed E-state index contributed by atoms with van der Waals surface area (Å²) in [5, 5.41) is 11.1. The Labute approximate surface area is 166 Å². The zero-order valence-corrected chi connectivity index (χ0v) is 16.5. The first-order valence-corrected chi connectivity index (χ1v) is 9.79. The van der Waals surface area contributed by atoms with Crippen molar-refractivity contribution in [2.24, 2.45) is 0 Å². The third kappa shape index (κ3) is 5.78. The topological polar surface area (TPSA) is 68.0 Å². The molecule has 0 aliphatic heterocycles. The van der Waals surface area contributed by atoms with Gasteiger partial charge in [-0.3, -0.25) is 4.79 Å². The Bertz CT molecular complexity index is 872. The highest BCUT2D eigenvalue weighted by atomic mass is 16.4. The lowest BCUT2D eigenvalue weighted by molar-refractivity contribution is -0.121. The molecule has 0 aliphatic carbocycles. The molecule has 3 aromatic rings. The highest BCUT2D eigenvalue weighted by molar-refractivity contribution is 5.77.